The average Bonchev–Trinajstić information content (AvgIpc) is 2.48. The summed E-state index contributed by atoms with van der Waals surface area (Å²) >= 11 is 3.38. The molecule has 1 unspecified atom stereocenters. The highest BCUT2D eigenvalue weighted by atomic mass is 79.9. The van der Waals surface area contributed by atoms with Crippen molar-refractivity contribution >= 4 is 15.9 Å². The van der Waals surface area contributed by atoms with Gasteiger partial charge in [0.2, 0.25) is 0 Å². The van der Waals surface area contributed by atoms with Crippen LogP contribution < -0.4 is 10.1 Å². The zero-order valence-corrected chi connectivity index (χ0v) is 13.4. The highest BCUT2D eigenvalue weighted by molar-refractivity contribution is 9.10. The molecule has 4 heteroatoms. The van der Waals surface area contributed by atoms with E-state index in [9.17, 15) is 5.11 Å². The molecule has 1 fully saturated rings. The molecule has 0 spiro atoms. The van der Waals surface area contributed by atoms with Crippen LogP contribution in [0, 0.1) is 5.92 Å². The van der Waals surface area contributed by atoms with Crippen molar-refractivity contribution in [3.8, 4) is 5.75 Å². The van der Waals surface area contributed by atoms with Crippen molar-refractivity contribution in [3.05, 3.63) is 28.7 Å². The van der Waals surface area contributed by atoms with Gasteiger partial charge in [-0.25, -0.2) is 0 Å². The van der Waals surface area contributed by atoms with Gasteiger partial charge >= 0.3 is 0 Å². The second kappa shape index (κ2) is 8.65. The van der Waals surface area contributed by atoms with Crippen molar-refractivity contribution in [2.75, 3.05) is 19.7 Å². The summed E-state index contributed by atoms with van der Waals surface area (Å²) < 4.78 is 6.58. The Bertz CT molecular complexity index is 377. The predicted molar refractivity (Wildman–Crippen MR) is 85.1 cm³/mol. The van der Waals surface area contributed by atoms with Gasteiger partial charge in [0.25, 0.3) is 0 Å². The van der Waals surface area contributed by atoms with Crippen molar-refractivity contribution < 1.29 is 9.84 Å². The van der Waals surface area contributed by atoms with Gasteiger partial charge in [0.1, 0.15) is 18.5 Å². The molecular formula is C16H24BrNO2. The van der Waals surface area contributed by atoms with E-state index in [2.05, 4.69) is 21.2 Å². The Morgan fingerprint density at radius 3 is 2.60 bits per heavy atom. The van der Waals surface area contributed by atoms with Gasteiger partial charge in [-0.2, -0.15) is 0 Å². The summed E-state index contributed by atoms with van der Waals surface area (Å²) in [6, 6.07) is 7.66. The van der Waals surface area contributed by atoms with E-state index in [0.29, 0.717) is 13.2 Å². The van der Waals surface area contributed by atoms with Gasteiger partial charge in [-0.3, -0.25) is 0 Å². The first kappa shape index (κ1) is 15.8. The Hall–Kier alpha value is -0.580. The first-order valence-electron chi connectivity index (χ1n) is 7.51. The molecule has 1 aliphatic carbocycles. The number of hydrogen-bond donors (Lipinski definition) is 2. The monoisotopic (exact) mass is 341 g/mol. The highest BCUT2D eigenvalue weighted by Crippen LogP contribution is 2.22. The molecule has 20 heavy (non-hydrogen) atoms. The third kappa shape index (κ3) is 5.81. The van der Waals surface area contributed by atoms with E-state index in [-0.39, 0.29) is 0 Å². The van der Waals surface area contributed by atoms with Crippen LogP contribution in [0.4, 0.5) is 0 Å². The van der Waals surface area contributed by atoms with Gasteiger partial charge in [-0.05, 0) is 49.6 Å². The number of rotatable bonds is 7. The van der Waals surface area contributed by atoms with Gasteiger partial charge in [0, 0.05) is 11.0 Å². The molecule has 0 amide bonds. The zero-order chi connectivity index (χ0) is 14.2. The topological polar surface area (TPSA) is 41.5 Å². The minimum atomic E-state index is -0.456. The second-order valence-corrected chi connectivity index (χ2v) is 6.50. The van der Waals surface area contributed by atoms with Gasteiger partial charge in [-0.1, -0.05) is 35.2 Å². The Labute approximate surface area is 129 Å². The van der Waals surface area contributed by atoms with Crippen LogP contribution in [0.3, 0.4) is 0 Å². The first-order valence-corrected chi connectivity index (χ1v) is 8.30. The minimum Gasteiger partial charge on any atom is -0.491 e. The molecule has 0 radical (unpaired) electrons. The van der Waals surface area contributed by atoms with Gasteiger partial charge in [0.05, 0.1) is 0 Å². The Morgan fingerprint density at radius 1 is 1.20 bits per heavy atom. The number of aliphatic hydroxyl groups is 1. The SMILES string of the molecule is OC(CNCC1CCCCC1)COc1ccc(Br)cc1. The van der Waals surface area contributed by atoms with E-state index < -0.39 is 6.10 Å². The van der Waals surface area contributed by atoms with Crippen LogP contribution in [0.15, 0.2) is 28.7 Å². The van der Waals surface area contributed by atoms with Crippen LogP contribution in [-0.4, -0.2) is 30.9 Å². The number of hydrogen-bond acceptors (Lipinski definition) is 3. The number of ether oxygens (including phenoxy) is 1. The smallest absolute Gasteiger partial charge is 0.119 e. The third-order valence-corrected chi connectivity index (χ3v) is 4.32. The van der Waals surface area contributed by atoms with E-state index >= 15 is 0 Å². The first-order chi connectivity index (χ1) is 9.74. The van der Waals surface area contributed by atoms with Crippen LogP contribution in [0.25, 0.3) is 0 Å². The van der Waals surface area contributed by atoms with Crippen molar-refractivity contribution in [2.24, 2.45) is 5.92 Å². The summed E-state index contributed by atoms with van der Waals surface area (Å²) in [7, 11) is 0. The maximum atomic E-state index is 9.90. The quantitative estimate of drug-likeness (QED) is 0.798. The lowest BCUT2D eigenvalue weighted by Crippen LogP contribution is -2.34. The molecule has 0 aliphatic heterocycles. The maximum Gasteiger partial charge on any atom is 0.119 e. The van der Waals surface area contributed by atoms with E-state index in [0.717, 1.165) is 22.7 Å². The Balaban J connectivity index is 1.57. The molecule has 112 valence electrons. The molecule has 0 bridgehead atoms. The predicted octanol–water partition coefficient (Wildman–Crippen LogP) is 3.36. The van der Waals surface area contributed by atoms with Gasteiger partial charge in [0.15, 0.2) is 0 Å². The summed E-state index contributed by atoms with van der Waals surface area (Å²) in [5.41, 5.74) is 0. The van der Waals surface area contributed by atoms with E-state index in [4.69, 9.17) is 4.74 Å². The molecule has 0 aromatic heterocycles. The van der Waals surface area contributed by atoms with Crippen LogP contribution in [0.2, 0.25) is 0 Å². The van der Waals surface area contributed by atoms with Crippen molar-refractivity contribution in [1.82, 2.24) is 5.32 Å². The number of halogens is 1. The molecule has 1 aliphatic rings. The summed E-state index contributed by atoms with van der Waals surface area (Å²) in [4.78, 5) is 0. The molecule has 1 saturated carbocycles. The number of aliphatic hydroxyl groups excluding tert-OH is 1. The van der Waals surface area contributed by atoms with Crippen molar-refractivity contribution in [3.63, 3.8) is 0 Å². The van der Waals surface area contributed by atoms with Gasteiger partial charge in [-0.15, -0.1) is 0 Å². The van der Waals surface area contributed by atoms with Crippen LogP contribution >= 0.6 is 15.9 Å². The molecule has 1 aromatic rings. The summed E-state index contributed by atoms with van der Waals surface area (Å²) in [5, 5.41) is 13.3. The Kier molecular flexibility index (Phi) is 6.83. The summed E-state index contributed by atoms with van der Waals surface area (Å²) in [6.07, 6.45) is 6.32. The molecule has 0 saturated heterocycles. The van der Waals surface area contributed by atoms with E-state index in [1.165, 1.54) is 32.1 Å². The molecule has 3 nitrogen and oxygen atoms in total. The van der Waals surface area contributed by atoms with Crippen LogP contribution in [0.1, 0.15) is 32.1 Å². The van der Waals surface area contributed by atoms with Crippen molar-refractivity contribution in [1.29, 1.82) is 0 Å². The lowest BCUT2D eigenvalue weighted by molar-refractivity contribution is 0.105. The van der Waals surface area contributed by atoms with Crippen LogP contribution in [-0.2, 0) is 0 Å². The zero-order valence-electron chi connectivity index (χ0n) is 11.9. The fraction of sp³-hybridized carbons (Fsp3) is 0.625. The summed E-state index contributed by atoms with van der Waals surface area (Å²) in [6.45, 7) is 1.96. The highest BCUT2D eigenvalue weighted by Gasteiger charge is 2.13. The number of nitrogens with one attached hydrogen (secondary N) is 1. The molecule has 2 N–H and O–H groups in total. The van der Waals surface area contributed by atoms with E-state index in [1.807, 2.05) is 24.3 Å². The lowest BCUT2D eigenvalue weighted by atomic mass is 9.89. The fourth-order valence-corrected chi connectivity index (χ4v) is 2.89. The molecule has 1 atom stereocenters. The second-order valence-electron chi connectivity index (χ2n) is 5.58. The number of benzene rings is 1. The molecule has 1 aromatic carbocycles. The summed E-state index contributed by atoms with van der Waals surface area (Å²) in [5.74, 6) is 1.59. The minimum absolute atomic E-state index is 0.333. The largest absolute Gasteiger partial charge is 0.491 e. The van der Waals surface area contributed by atoms with Crippen LogP contribution in [0.5, 0.6) is 5.75 Å². The van der Waals surface area contributed by atoms with Gasteiger partial charge < -0.3 is 15.2 Å². The molecule has 2 rings (SSSR count). The third-order valence-electron chi connectivity index (χ3n) is 3.79. The molecule has 0 heterocycles. The lowest BCUT2D eigenvalue weighted by Gasteiger charge is -2.22. The fourth-order valence-electron chi connectivity index (χ4n) is 2.63. The van der Waals surface area contributed by atoms with E-state index in [1.54, 1.807) is 0 Å². The average molecular weight is 342 g/mol. The Morgan fingerprint density at radius 2 is 1.90 bits per heavy atom. The maximum absolute atomic E-state index is 9.90. The normalized spacial score (nSPS) is 17.9. The molecular weight excluding hydrogens is 318 g/mol. The van der Waals surface area contributed by atoms with Crippen molar-refractivity contribution in [2.45, 2.75) is 38.2 Å². The standard InChI is InChI=1S/C16H24BrNO2/c17-14-6-8-16(9-7-14)20-12-15(19)11-18-10-13-4-2-1-3-5-13/h6-9,13,15,18-19H,1-5,10-12H2.